The van der Waals surface area contributed by atoms with Gasteiger partial charge < -0.3 is 10.4 Å². The number of nitrogens with one attached hydrogen (secondary N) is 1. The van der Waals surface area contributed by atoms with E-state index in [2.05, 4.69) is 17.5 Å². The predicted octanol–water partition coefficient (Wildman–Crippen LogP) is 2.32. The highest BCUT2D eigenvalue weighted by molar-refractivity contribution is 6.01. The number of aliphatic carboxylic acids is 1. The number of benzene rings is 1. The van der Waals surface area contributed by atoms with E-state index in [1.807, 2.05) is 18.2 Å². The molecule has 2 N–H and O–H groups in total. The zero-order valence-electron chi connectivity index (χ0n) is 11.7. The molecule has 1 unspecified atom stereocenters. The summed E-state index contributed by atoms with van der Waals surface area (Å²) in [7, 11) is 0. The first-order valence-corrected chi connectivity index (χ1v) is 7.22. The summed E-state index contributed by atoms with van der Waals surface area (Å²) in [5.41, 5.74) is 1.61. The number of carbonyl (C=O) groups is 2. The van der Waals surface area contributed by atoms with Crippen molar-refractivity contribution in [1.29, 1.82) is 0 Å². The van der Waals surface area contributed by atoms with Crippen molar-refractivity contribution >= 4 is 17.7 Å². The first kappa shape index (κ1) is 13.7. The maximum atomic E-state index is 12.5. The molecule has 2 amide bonds. The van der Waals surface area contributed by atoms with E-state index in [-0.39, 0.29) is 12.1 Å². The zero-order chi connectivity index (χ0) is 14.8. The fraction of sp³-hybridized carbons (Fsp3) is 0.375. The maximum Gasteiger partial charge on any atom is 0.327 e. The Morgan fingerprint density at radius 1 is 1.24 bits per heavy atom. The average molecular weight is 286 g/mol. The Morgan fingerprint density at radius 3 is 2.76 bits per heavy atom. The van der Waals surface area contributed by atoms with Crippen LogP contribution in [0, 0.1) is 0 Å². The minimum atomic E-state index is -0.968. The third kappa shape index (κ3) is 2.63. The number of para-hydroxylation sites is 1. The van der Waals surface area contributed by atoms with Crippen molar-refractivity contribution in [2.24, 2.45) is 0 Å². The third-order valence-electron chi connectivity index (χ3n) is 4.08. The summed E-state index contributed by atoms with van der Waals surface area (Å²) >= 11 is 0. The highest BCUT2D eigenvalue weighted by Gasteiger charge is 2.38. The molecule has 0 fully saturated rings. The first-order chi connectivity index (χ1) is 10.2. The molecule has 0 spiro atoms. The standard InChI is InChI=1S/C16H18N2O3/c19-15(20)14-10-11-6-4-5-9-13(11)18(14)16(21)17-12-7-2-1-3-8-12/h1-2,4-6,9,12,14H,3,7-8,10H2,(H,17,21)(H,19,20)/t12?,14-/m0/s1. The second kappa shape index (κ2) is 5.60. The monoisotopic (exact) mass is 286 g/mol. The van der Waals surface area contributed by atoms with E-state index in [0.29, 0.717) is 12.1 Å². The van der Waals surface area contributed by atoms with Gasteiger partial charge in [-0.2, -0.15) is 0 Å². The van der Waals surface area contributed by atoms with Gasteiger partial charge in [0.25, 0.3) is 0 Å². The quantitative estimate of drug-likeness (QED) is 0.820. The number of rotatable bonds is 2. The molecule has 1 aliphatic heterocycles. The third-order valence-corrected chi connectivity index (χ3v) is 4.08. The minimum Gasteiger partial charge on any atom is -0.480 e. The van der Waals surface area contributed by atoms with Crippen LogP contribution in [-0.4, -0.2) is 29.2 Å². The summed E-state index contributed by atoms with van der Waals surface area (Å²) in [6, 6.07) is 6.33. The lowest BCUT2D eigenvalue weighted by molar-refractivity contribution is -0.138. The molecule has 1 aliphatic carbocycles. The van der Waals surface area contributed by atoms with Crippen LogP contribution in [0.25, 0.3) is 0 Å². The van der Waals surface area contributed by atoms with Gasteiger partial charge in [0.1, 0.15) is 6.04 Å². The Balaban J connectivity index is 1.81. The normalized spacial score (nSPS) is 23.7. The Labute approximate surface area is 123 Å². The molecule has 3 rings (SSSR count). The van der Waals surface area contributed by atoms with E-state index < -0.39 is 12.0 Å². The van der Waals surface area contributed by atoms with Crippen LogP contribution in [0.5, 0.6) is 0 Å². The molecule has 0 aromatic heterocycles. The molecule has 0 radical (unpaired) electrons. The second-order valence-electron chi connectivity index (χ2n) is 5.49. The van der Waals surface area contributed by atoms with Crippen molar-refractivity contribution < 1.29 is 14.7 Å². The fourth-order valence-electron chi connectivity index (χ4n) is 3.00. The van der Waals surface area contributed by atoms with Gasteiger partial charge in [-0.1, -0.05) is 30.4 Å². The molecule has 5 heteroatoms. The van der Waals surface area contributed by atoms with E-state index in [4.69, 9.17) is 0 Å². The lowest BCUT2D eigenvalue weighted by Crippen LogP contribution is -2.50. The Bertz CT molecular complexity index is 597. The highest BCUT2D eigenvalue weighted by Crippen LogP contribution is 2.32. The van der Waals surface area contributed by atoms with Gasteiger partial charge in [0.15, 0.2) is 0 Å². The number of carboxylic acids is 1. The molecular weight excluding hydrogens is 268 g/mol. The lowest BCUT2D eigenvalue weighted by atomic mass is 10.0. The van der Waals surface area contributed by atoms with Gasteiger partial charge in [-0.05, 0) is 30.9 Å². The summed E-state index contributed by atoms with van der Waals surface area (Å²) < 4.78 is 0. The topological polar surface area (TPSA) is 69.6 Å². The lowest BCUT2D eigenvalue weighted by Gasteiger charge is -2.27. The van der Waals surface area contributed by atoms with Gasteiger partial charge in [-0.15, -0.1) is 0 Å². The molecule has 2 atom stereocenters. The van der Waals surface area contributed by atoms with Crippen LogP contribution in [-0.2, 0) is 11.2 Å². The van der Waals surface area contributed by atoms with E-state index in [9.17, 15) is 14.7 Å². The summed E-state index contributed by atoms with van der Waals surface area (Å²) in [4.78, 5) is 25.3. The first-order valence-electron chi connectivity index (χ1n) is 7.22. The molecule has 21 heavy (non-hydrogen) atoms. The van der Waals surface area contributed by atoms with Gasteiger partial charge in [0, 0.05) is 18.2 Å². The molecule has 110 valence electrons. The van der Waals surface area contributed by atoms with Crippen LogP contribution in [0.1, 0.15) is 24.8 Å². The molecule has 0 saturated carbocycles. The predicted molar refractivity (Wildman–Crippen MR) is 79.4 cm³/mol. The number of urea groups is 1. The molecule has 0 saturated heterocycles. The van der Waals surface area contributed by atoms with Crippen molar-refractivity contribution in [2.45, 2.75) is 37.8 Å². The molecule has 1 aromatic carbocycles. The average Bonchev–Trinajstić information content (AvgIpc) is 2.88. The second-order valence-corrected chi connectivity index (χ2v) is 5.49. The fourth-order valence-corrected chi connectivity index (χ4v) is 3.00. The molecular formula is C16H18N2O3. The van der Waals surface area contributed by atoms with Gasteiger partial charge in [0.05, 0.1) is 0 Å². The number of anilines is 1. The summed E-state index contributed by atoms with van der Waals surface area (Å²) in [6.45, 7) is 0. The van der Waals surface area contributed by atoms with Crippen LogP contribution in [0.4, 0.5) is 10.5 Å². The number of carbonyl (C=O) groups excluding carboxylic acids is 1. The van der Waals surface area contributed by atoms with Crippen molar-refractivity contribution in [3.05, 3.63) is 42.0 Å². The number of nitrogens with zero attached hydrogens (tertiary/aromatic N) is 1. The van der Waals surface area contributed by atoms with Crippen molar-refractivity contribution in [2.75, 3.05) is 4.90 Å². The number of hydrogen-bond donors (Lipinski definition) is 2. The van der Waals surface area contributed by atoms with E-state index in [0.717, 1.165) is 24.8 Å². The summed E-state index contributed by atoms with van der Waals surface area (Å²) in [6.07, 6.45) is 7.18. The Hall–Kier alpha value is -2.30. The van der Waals surface area contributed by atoms with E-state index in [1.54, 1.807) is 6.07 Å². The maximum absolute atomic E-state index is 12.5. The van der Waals surface area contributed by atoms with Crippen molar-refractivity contribution in [3.63, 3.8) is 0 Å². The van der Waals surface area contributed by atoms with Crippen LogP contribution >= 0.6 is 0 Å². The van der Waals surface area contributed by atoms with Gasteiger partial charge >= 0.3 is 12.0 Å². The zero-order valence-corrected chi connectivity index (χ0v) is 11.7. The minimum absolute atomic E-state index is 0.0877. The molecule has 1 heterocycles. The van der Waals surface area contributed by atoms with E-state index in [1.165, 1.54) is 4.90 Å². The number of fused-ring (bicyclic) bond motifs is 1. The summed E-state index contributed by atoms with van der Waals surface area (Å²) in [5.74, 6) is -0.968. The smallest absolute Gasteiger partial charge is 0.327 e. The molecule has 2 aliphatic rings. The van der Waals surface area contributed by atoms with Crippen LogP contribution in [0.2, 0.25) is 0 Å². The van der Waals surface area contributed by atoms with Gasteiger partial charge in [-0.25, -0.2) is 9.59 Å². The number of amides is 2. The number of hydrogen-bond acceptors (Lipinski definition) is 2. The van der Waals surface area contributed by atoms with Gasteiger partial charge in [-0.3, -0.25) is 4.90 Å². The molecule has 0 bridgehead atoms. The van der Waals surface area contributed by atoms with Crippen LogP contribution < -0.4 is 10.2 Å². The van der Waals surface area contributed by atoms with Crippen LogP contribution in [0.3, 0.4) is 0 Å². The number of carboxylic acid groups (broad SMARTS) is 1. The largest absolute Gasteiger partial charge is 0.480 e. The van der Waals surface area contributed by atoms with Crippen molar-refractivity contribution in [3.8, 4) is 0 Å². The molecule has 5 nitrogen and oxygen atoms in total. The van der Waals surface area contributed by atoms with Gasteiger partial charge in [0.2, 0.25) is 0 Å². The number of allylic oxidation sites excluding steroid dienone is 1. The Kier molecular flexibility index (Phi) is 3.64. The highest BCUT2D eigenvalue weighted by atomic mass is 16.4. The summed E-state index contributed by atoms with van der Waals surface area (Å²) in [5, 5.41) is 12.3. The SMILES string of the molecule is O=C(O)[C@@H]1Cc2ccccc2N1C(=O)NC1CC=CCC1. The van der Waals surface area contributed by atoms with Crippen LogP contribution in [0.15, 0.2) is 36.4 Å². The Morgan fingerprint density at radius 2 is 2.05 bits per heavy atom. The van der Waals surface area contributed by atoms with Crippen molar-refractivity contribution in [1.82, 2.24) is 5.32 Å². The molecule has 1 aromatic rings. The van der Waals surface area contributed by atoms with E-state index >= 15 is 0 Å².